The highest BCUT2D eigenvalue weighted by Crippen LogP contribution is 2.45. The third-order valence-corrected chi connectivity index (χ3v) is 6.87. The summed E-state index contributed by atoms with van der Waals surface area (Å²) in [6.07, 6.45) is 6.06. The first-order chi connectivity index (χ1) is 17.5. The smallest absolute Gasteiger partial charge is 0.203 e. The molecule has 1 atom stereocenters. The number of fused-ring (bicyclic) bond motifs is 1. The largest absolute Gasteiger partial charge is 0.493 e. The van der Waals surface area contributed by atoms with Gasteiger partial charge in [0.15, 0.2) is 28.2 Å². The molecule has 1 unspecified atom stereocenters. The van der Waals surface area contributed by atoms with E-state index in [4.69, 9.17) is 33.4 Å². The molecule has 0 fully saturated rings. The predicted molar refractivity (Wildman–Crippen MR) is 143 cm³/mol. The Bertz CT molecular complexity index is 1220. The van der Waals surface area contributed by atoms with Crippen LogP contribution in [0.2, 0.25) is 0 Å². The molecule has 0 aromatic heterocycles. The topological polar surface area (TPSA) is 71.0 Å². The monoisotopic (exact) mass is 510 g/mol. The van der Waals surface area contributed by atoms with E-state index in [0.29, 0.717) is 34.5 Å². The maximum absolute atomic E-state index is 5.60. The molecule has 0 saturated heterocycles. The maximum Gasteiger partial charge on any atom is 0.203 e. The fourth-order valence-electron chi connectivity index (χ4n) is 4.19. The second kappa shape index (κ2) is 10.9. The summed E-state index contributed by atoms with van der Waals surface area (Å²) in [4.78, 5) is 7.07. The van der Waals surface area contributed by atoms with Gasteiger partial charge in [0.05, 0.1) is 54.4 Å². The van der Waals surface area contributed by atoms with Gasteiger partial charge in [-0.15, -0.1) is 0 Å². The van der Waals surface area contributed by atoms with Crippen molar-refractivity contribution in [3.63, 3.8) is 0 Å². The molecule has 36 heavy (non-hydrogen) atoms. The van der Waals surface area contributed by atoms with E-state index < -0.39 is 0 Å². The van der Waals surface area contributed by atoms with E-state index in [-0.39, 0.29) is 6.04 Å². The molecule has 0 spiro atoms. The number of methoxy groups -OCH3 is 6. The number of hydrogen-bond donors (Lipinski definition) is 0. The summed E-state index contributed by atoms with van der Waals surface area (Å²) in [5.74, 6) is 3.50. The first kappa shape index (κ1) is 25.4. The molecule has 2 aromatic rings. The number of amidine groups is 1. The van der Waals surface area contributed by atoms with E-state index in [2.05, 4.69) is 23.3 Å². The van der Waals surface area contributed by atoms with Gasteiger partial charge >= 0.3 is 0 Å². The van der Waals surface area contributed by atoms with Crippen molar-refractivity contribution in [2.45, 2.75) is 13.0 Å². The highest BCUT2D eigenvalue weighted by molar-refractivity contribution is 8.16. The Balaban J connectivity index is 1.75. The van der Waals surface area contributed by atoms with Crippen LogP contribution in [0.3, 0.4) is 0 Å². The SMILES string of the molecule is COc1cc(/C=C/C2=CC(c3cc(OC)c(OC)c(OC)c3)N3C(C)=CSC3=N2)cc(OC)c1OC. The number of allylic oxidation sites excluding steroid dienone is 2. The zero-order valence-corrected chi connectivity index (χ0v) is 22.3. The summed E-state index contributed by atoms with van der Waals surface area (Å²) in [6, 6.07) is 7.63. The molecule has 0 saturated carbocycles. The summed E-state index contributed by atoms with van der Waals surface area (Å²) in [7, 11) is 9.62. The van der Waals surface area contributed by atoms with Crippen LogP contribution in [0.1, 0.15) is 24.1 Å². The average molecular weight is 511 g/mol. The summed E-state index contributed by atoms with van der Waals surface area (Å²) < 4.78 is 33.1. The van der Waals surface area contributed by atoms with Crippen LogP contribution in [0.15, 0.2) is 58.2 Å². The maximum atomic E-state index is 5.60. The van der Waals surface area contributed by atoms with Gasteiger partial charge in [0, 0.05) is 5.70 Å². The van der Waals surface area contributed by atoms with Crippen LogP contribution in [-0.2, 0) is 0 Å². The van der Waals surface area contributed by atoms with Gasteiger partial charge in [0.1, 0.15) is 0 Å². The lowest BCUT2D eigenvalue weighted by Gasteiger charge is -2.32. The van der Waals surface area contributed by atoms with Crippen molar-refractivity contribution in [2.75, 3.05) is 42.7 Å². The Hall–Kier alpha value is -3.72. The van der Waals surface area contributed by atoms with Crippen molar-refractivity contribution < 1.29 is 28.4 Å². The molecule has 0 N–H and O–H groups in total. The van der Waals surface area contributed by atoms with Crippen LogP contribution in [0.5, 0.6) is 34.5 Å². The molecule has 2 aromatic carbocycles. The number of ether oxygens (including phenoxy) is 6. The lowest BCUT2D eigenvalue weighted by atomic mass is 10.0. The van der Waals surface area contributed by atoms with Crippen LogP contribution in [0, 0.1) is 0 Å². The molecule has 4 rings (SSSR count). The fourth-order valence-corrected chi connectivity index (χ4v) is 5.11. The Kier molecular flexibility index (Phi) is 7.69. The lowest BCUT2D eigenvalue weighted by Crippen LogP contribution is -2.30. The average Bonchev–Trinajstić information content (AvgIpc) is 3.29. The van der Waals surface area contributed by atoms with Gasteiger partial charge in [0.25, 0.3) is 0 Å². The molecular weight excluding hydrogens is 480 g/mol. The summed E-state index contributed by atoms with van der Waals surface area (Å²) >= 11 is 1.60. The van der Waals surface area contributed by atoms with Crippen molar-refractivity contribution in [3.8, 4) is 34.5 Å². The summed E-state index contributed by atoms with van der Waals surface area (Å²) in [5, 5.41) is 3.00. The van der Waals surface area contributed by atoms with Crippen LogP contribution in [-0.4, -0.2) is 52.7 Å². The normalized spacial score (nSPS) is 16.7. The van der Waals surface area contributed by atoms with Gasteiger partial charge in [-0.1, -0.05) is 17.8 Å². The number of aliphatic imine (C=N–C) groups is 1. The van der Waals surface area contributed by atoms with Gasteiger partial charge < -0.3 is 33.3 Å². The molecule has 2 heterocycles. The lowest BCUT2D eigenvalue weighted by molar-refractivity contribution is 0.322. The van der Waals surface area contributed by atoms with Crippen molar-refractivity contribution >= 4 is 23.0 Å². The van der Waals surface area contributed by atoms with Gasteiger partial charge in [-0.2, -0.15) is 0 Å². The molecular formula is C27H30N2O6S. The molecule has 2 aliphatic heterocycles. The Morgan fingerprint density at radius 1 is 0.750 bits per heavy atom. The molecule has 0 radical (unpaired) electrons. The number of thioether (sulfide) groups is 1. The Morgan fingerprint density at radius 2 is 1.28 bits per heavy atom. The first-order valence-electron chi connectivity index (χ1n) is 11.2. The van der Waals surface area contributed by atoms with Gasteiger partial charge in [-0.05, 0) is 59.9 Å². The van der Waals surface area contributed by atoms with E-state index in [9.17, 15) is 0 Å². The van der Waals surface area contributed by atoms with E-state index in [1.807, 2.05) is 36.4 Å². The van der Waals surface area contributed by atoms with Crippen LogP contribution >= 0.6 is 11.8 Å². The highest BCUT2D eigenvalue weighted by Gasteiger charge is 2.32. The molecule has 8 nitrogen and oxygen atoms in total. The molecule has 0 aliphatic carbocycles. The van der Waals surface area contributed by atoms with Gasteiger partial charge in [-0.25, -0.2) is 4.99 Å². The van der Waals surface area contributed by atoms with E-state index in [1.165, 1.54) is 0 Å². The zero-order chi connectivity index (χ0) is 25.8. The van der Waals surface area contributed by atoms with Crippen molar-refractivity contribution in [1.82, 2.24) is 4.90 Å². The second-order valence-electron chi connectivity index (χ2n) is 7.93. The highest BCUT2D eigenvalue weighted by atomic mass is 32.2. The van der Waals surface area contributed by atoms with Gasteiger partial charge in [0.2, 0.25) is 11.5 Å². The van der Waals surface area contributed by atoms with E-state index >= 15 is 0 Å². The van der Waals surface area contributed by atoms with Crippen LogP contribution in [0.4, 0.5) is 0 Å². The standard InChI is InChI=1S/C27H30N2O6S/c1-16-15-36-27-28-19(9-8-17-10-21(30-2)25(34-6)22(11-17)31-3)14-20(29(16)27)18-12-23(32-4)26(35-7)24(13-18)33-5/h8-15,20H,1-7H3/b9-8+. The van der Waals surface area contributed by atoms with Gasteiger partial charge in [-0.3, -0.25) is 0 Å². The molecule has 2 aliphatic rings. The number of rotatable bonds is 9. The van der Waals surface area contributed by atoms with Crippen LogP contribution in [0.25, 0.3) is 6.08 Å². The number of hydrogen-bond acceptors (Lipinski definition) is 9. The summed E-state index contributed by atoms with van der Waals surface area (Å²) in [5.41, 5.74) is 3.82. The van der Waals surface area contributed by atoms with E-state index in [0.717, 1.165) is 27.7 Å². The number of benzene rings is 2. The zero-order valence-electron chi connectivity index (χ0n) is 21.4. The predicted octanol–water partition coefficient (Wildman–Crippen LogP) is 5.66. The first-order valence-corrected chi connectivity index (χ1v) is 12.1. The van der Waals surface area contributed by atoms with Crippen molar-refractivity contribution in [3.05, 3.63) is 64.3 Å². The molecule has 9 heteroatoms. The third kappa shape index (κ3) is 4.70. The molecule has 190 valence electrons. The minimum absolute atomic E-state index is 0.114. The second-order valence-corrected chi connectivity index (χ2v) is 8.77. The van der Waals surface area contributed by atoms with E-state index in [1.54, 1.807) is 54.4 Å². The molecule has 0 bridgehead atoms. The minimum atomic E-state index is -0.114. The quantitative estimate of drug-likeness (QED) is 0.428. The molecule has 0 amide bonds. The summed E-state index contributed by atoms with van der Waals surface area (Å²) in [6.45, 7) is 2.07. The van der Waals surface area contributed by atoms with Crippen molar-refractivity contribution in [1.29, 1.82) is 0 Å². The Morgan fingerprint density at radius 3 is 1.78 bits per heavy atom. The van der Waals surface area contributed by atoms with Crippen LogP contribution < -0.4 is 28.4 Å². The van der Waals surface area contributed by atoms with Crippen molar-refractivity contribution in [2.24, 2.45) is 4.99 Å². The Labute approximate surface area is 215 Å². The number of nitrogens with zero attached hydrogens (tertiary/aromatic N) is 2. The fraction of sp³-hybridized carbons (Fsp3) is 0.296. The third-order valence-electron chi connectivity index (χ3n) is 5.91. The minimum Gasteiger partial charge on any atom is -0.493 e.